The van der Waals surface area contributed by atoms with Crippen LogP contribution in [0.15, 0.2) is 23.1 Å². The summed E-state index contributed by atoms with van der Waals surface area (Å²) >= 11 is -2.40. The molecule has 0 aromatic heterocycles. The molecule has 12 heavy (non-hydrogen) atoms. The van der Waals surface area contributed by atoms with Gasteiger partial charge in [0.1, 0.15) is 0 Å². The van der Waals surface area contributed by atoms with Crippen LogP contribution in [-0.2, 0) is 11.1 Å². The molecule has 0 amide bonds. The van der Waals surface area contributed by atoms with Crippen LogP contribution in [0.25, 0.3) is 0 Å². The molecule has 0 heterocycles. The van der Waals surface area contributed by atoms with Crippen molar-refractivity contribution >= 4 is 11.1 Å². The van der Waals surface area contributed by atoms with E-state index in [0.717, 1.165) is 18.2 Å². The number of benzene rings is 1. The molecule has 66 valence electrons. The Morgan fingerprint density at radius 3 is 2.75 bits per heavy atom. The van der Waals surface area contributed by atoms with Crippen LogP contribution in [-0.4, -0.2) is 8.76 Å². The second kappa shape index (κ2) is 3.61. The van der Waals surface area contributed by atoms with Crippen molar-refractivity contribution in [3.05, 3.63) is 24.0 Å². The molecule has 0 aliphatic rings. The maximum Gasteiger partial charge on any atom is 0.183 e. The quantitative estimate of drug-likeness (QED) is 0.538. The fourth-order valence-electron chi connectivity index (χ4n) is 0.678. The van der Waals surface area contributed by atoms with Crippen molar-refractivity contribution in [2.45, 2.75) is 4.90 Å². The highest BCUT2D eigenvalue weighted by molar-refractivity contribution is 7.79. The highest BCUT2D eigenvalue weighted by atomic mass is 32.2. The van der Waals surface area contributed by atoms with Crippen molar-refractivity contribution in [2.75, 3.05) is 0 Å². The fraction of sp³-hybridized carbons (Fsp3) is 0. The summed E-state index contributed by atoms with van der Waals surface area (Å²) in [6.45, 7) is 0. The molecule has 1 aromatic rings. The number of halogens is 1. The van der Waals surface area contributed by atoms with E-state index in [-0.39, 0.29) is 10.6 Å². The molecule has 1 rings (SSSR count). The zero-order valence-corrected chi connectivity index (χ0v) is 6.64. The third kappa shape index (κ3) is 1.79. The zero-order valence-electron chi connectivity index (χ0n) is 5.82. The van der Waals surface area contributed by atoms with E-state index in [9.17, 15) is 13.2 Å². The van der Waals surface area contributed by atoms with E-state index in [1.165, 1.54) is 0 Å². The summed E-state index contributed by atoms with van der Waals surface area (Å²) < 4.78 is 33.4. The Hall–Kier alpha value is -0.980. The topological polar surface area (TPSA) is 75.4 Å². The Bertz CT molecular complexity index is 318. The molecule has 6 heteroatoms. The Morgan fingerprint density at radius 1 is 1.58 bits per heavy atom. The summed E-state index contributed by atoms with van der Waals surface area (Å²) in [5, 5.41) is 0. The third-order valence-electron chi connectivity index (χ3n) is 1.22. The molecule has 0 saturated heterocycles. The summed E-state index contributed by atoms with van der Waals surface area (Å²) in [5.41, 5.74) is 0. The van der Waals surface area contributed by atoms with Gasteiger partial charge in [-0.25, -0.2) is 4.39 Å². The van der Waals surface area contributed by atoms with Crippen molar-refractivity contribution in [3.63, 3.8) is 0 Å². The summed E-state index contributed by atoms with van der Waals surface area (Å²) in [6, 6.07) is 3.08. The first kappa shape index (κ1) is 9.11. The van der Waals surface area contributed by atoms with Crippen LogP contribution in [0.4, 0.5) is 4.39 Å². The first-order valence-electron chi connectivity index (χ1n) is 2.90. The van der Waals surface area contributed by atoms with Gasteiger partial charge >= 0.3 is 0 Å². The van der Waals surface area contributed by atoms with Crippen molar-refractivity contribution in [3.8, 4) is 5.75 Å². The fourth-order valence-corrected chi connectivity index (χ4v) is 1.06. The van der Waals surface area contributed by atoms with Gasteiger partial charge < -0.3 is 9.39 Å². The van der Waals surface area contributed by atoms with Crippen molar-refractivity contribution in [1.82, 2.24) is 0 Å². The molecule has 0 bridgehead atoms. The van der Waals surface area contributed by atoms with Crippen molar-refractivity contribution in [2.24, 2.45) is 5.90 Å². The lowest BCUT2D eigenvalue weighted by molar-refractivity contribution is 0.314. The average Bonchev–Trinajstić information content (AvgIpc) is 2.05. The number of nitrogens with two attached hydrogens (primary N) is 1. The van der Waals surface area contributed by atoms with E-state index >= 15 is 0 Å². The first-order valence-corrected chi connectivity index (χ1v) is 3.98. The van der Waals surface area contributed by atoms with Gasteiger partial charge in [0.05, 0.1) is 0 Å². The second-order valence-corrected chi connectivity index (χ2v) is 2.89. The van der Waals surface area contributed by atoms with E-state index in [1.807, 2.05) is 0 Å². The maximum atomic E-state index is 12.6. The Morgan fingerprint density at radius 2 is 2.25 bits per heavy atom. The van der Waals surface area contributed by atoms with Crippen LogP contribution in [0.5, 0.6) is 5.75 Å². The van der Waals surface area contributed by atoms with Gasteiger partial charge in [-0.05, 0) is 23.2 Å². The van der Waals surface area contributed by atoms with Gasteiger partial charge in [-0.15, -0.1) is 0 Å². The predicted molar refractivity (Wildman–Crippen MR) is 38.4 cm³/mol. The Kier molecular flexibility index (Phi) is 2.74. The largest absolute Gasteiger partial charge is 0.768 e. The van der Waals surface area contributed by atoms with Crippen LogP contribution in [0, 0.1) is 5.82 Å². The second-order valence-electron chi connectivity index (χ2n) is 1.94. The minimum absolute atomic E-state index is 0.0724. The van der Waals surface area contributed by atoms with Crippen LogP contribution in [0.3, 0.4) is 0 Å². The summed E-state index contributed by atoms with van der Waals surface area (Å²) in [4.78, 5) is 4.02. The molecule has 0 saturated carbocycles. The first-order chi connectivity index (χ1) is 5.65. The molecule has 2 N–H and O–H groups in total. The molecule has 0 radical (unpaired) electrons. The molecular weight excluding hydrogens is 185 g/mol. The van der Waals surface area contributed by atoms with E-state index < -0.39 is 16.9 Å². The van der Waals surface area contributed by atoms with E-state index in [2.05, 4.69) is 10.7 Å². The van der Waals surface area contributed by atoms with E-state index in [1.54, 1.807) is 0 Å². The standard InChI is InChI=1S/C6H6FNO3S/c7-5-2-1-4(12(9)10)3-6(5)11-8/h1-3H,8H2,(H,9,10)/p-1. The van der Waals surface area contributed by atoms with Gasteiger partial charge in [0.2, 0.25) is 0 Å². The highest BCUT2D eigenvalue weighted by Crippen LogP contribution is 2.18. The lowest BCUT2D eigenvalue weighted by atomic mass is 10.3. The highest BCUT2D eigenvalue weighted by Gasteiger charge is 2.03. The predicted octanol–water partition coefficient (Wildman–Crippen LogP) is 0.316. The maximum absolute atomic E-state index is 12.6. The normalized spacial score (nSPS) is 12.6. The molecule has 1 unspecified atom stereocenters. The Labute approximate surface area is 70.4 Å². The van der Waals surface area contributed by atoms with Gasteiger partial charge in [-0.2, -0.15) is 5.90 Å². The monoisotopic (exact) mass is 190 g/mol. The van der Waals surface area contributed by atoms with Crippen LogP contribution < -0.4 is 10.7 Å². The van der Waals surface area contributed by atoms with E-state index in [4.69, 9.17) is 0 Å². The average molecular weight is 190 g/mol. The van der Waals surface area contributed by atoms with Gasteiger partial charge in [0.15, 0.2) is 11.6 Å². The molecule has 1 aromatic carbocycles. The Balaban J connectivity index is 3.13. The summed E-state index contributed by atoms with van der Waals surface area (Å²) in [7, 11) is 0. The number of hydrogen-bond donors (Lipinski definition) is 1. The molecule has 0 fully saturated rings. The summed E-state index contributed by atoms with van der Waals surface area (Å²) in [6.07, 6.45) is 0. The number of rotatable bonds is 2. The van der Waals surface area contributed by atoms with Gasteiger partial charge in [0.25, 0.3) is 0 Å². The minimum atomic E-state index is -2.40. The third-order valence-corrected chi connectivity index (χ3v) is 1.86. The van der Waals surface area contributed by atoms with Crippen LogP contribution in [0.1, 0.15) is 0 Å². The molecular formula is C6H5FNO3S-. The molecule has 4 nitrogen and oxygen atoms in total. The van der Waals surface area contributed by atoms with Crippen molar-refractivity contribution < 1.29 is 18.0 Å². The lowest BCUT2D eigenvalue weighted by Gasteiger charge is -2.06. The van der Waals surface area contributed by atoms with Gasteiger partial charge in [-0.3, -0.25) is 4.21 Å². The van der Waals surface area contributed by atoms with Crippen LogP contribution in [0.2, 0.25) is 0 Å². The van der Waals surface area contributed by atoms with Crippen molar-refractivity contribution in [1.29, 1.82) is 0 Å². The molecule has 0 spiro atoms. The lowest BCUT2D eigenvalue weighted by Crippen LogP contribution is -2.04. The molecule has 0 aliphatic carbocycles. The zero-order chi connectivity index (χ0) is 9.14. The van der Waals surface area contributed by atoms with Gasteiger partial charge in [0, 0.05) is 11.0 Å². The number of hydrogen-bond acceptors (Lipinski definition) is 4. The summed E-state index contributed by atoms with van der Waals surface area (Å²) in [5.74, 6) is 3.68. The van der Waals surface area contributed by atoms with Gasteiger partial charge in [-0.1, -0.05) is 0 Å². The van der Waals surface area contributed by atoms with E-state index in [0.29, 0.717) is 0 Å². The molecule has 1 atom stereocenters. The van der Waals surface area contributed by atoms with Crippen LogP contribution >= 0.6 is 0 Å². The molecule has 0 aliphatic heterocycles. The SMILES string of the molecule is NOc1cc(S(=O)[O-])ccc1F. The smallest absolute Gasteiger partial charge is 0.183 e. The minimum Gasteiger partial charge on any atom is -0.768 e.